The molecule has 1 aromatic carbocycles. The molecule has 0 amide bonds. The summed E-state index contributed by atoms with van der Waals surface area (Å²) in [5, 5.41) is 0. The largest absolute Gasteiger partial charge is 0.330 e. The SMILES string of the molecule is C.[2H]C([2H])([2H])Cc1cc(CCN)cc(CC([2H])([2H])[2H])c1CC([2H])([2H])[2H]. The van der Waals surface area contributed by atoms with E-state index in [2.05, 4.69) is 0 Å². The molecule has 0 fully saturated rings. The average Bonchev–Trinajstić information content (AvgIpc) is 2.28. The molecular formula is C15H27N. The Kier molecular flexibility index (Phi) is 2.65. The summed E-state index contributed by atoms with van der Waals surface area (Å²) >= 11 is 0. The van der Waals surface area contributed by atoms with Crippen molar-refractivity contribution in [1.29, 1.82) is 0 Å². The molecule has 0 saturated heterocycles. The van der Waals surface area contributed by atoms with Gasteiger partial charge < -0.3 is 5.73 Å². The van der Waals surface area contributed by atoms with E-state index in [1.165, 1.54) is 0 Å². The monoisotopic (exact) mass is 230 g/mol. The van der Waals surface area contributed by atoms with E-state index >= 15 is 0 Å². The van der Waals surface area contributed by atoms with Gasteiger partial charge in [-0.3, -0.25) is 0 Å². The Morgan fingerprint density at radius 3 is 2.06 bits per heavy atom. The van der Waals surface area contributed by atoms with Gasteiger partial charge in [0.25, 0.3) is 0 Å². The molecule has 1 aromatic rings. The van der Waals surface area contributed by atoms with Crippen LogP contribution in [-0.4, -0.2) is 6.54 Å². The van der Waals surface area contributed by atoms with Crippen LogP contribution < -0.4 is 5.73 Å². The van der Waals surface area contributed by atoms with Gasteiger partial charge in [-0.05, 0) is 54.5 Å². The third-order valence-corrected chi connectivity index (χ3v) is 2.49. The van der Waals surface area contributed by atoms with Crippen LogP contribution in [-0.2, 0) is 25.7 Å². The van der Waals surface area contributed by atoms with Gasteiger partial charge in [-0.1, -0.05) is 40.1 Å². The molecule has 0 aromatic heterocycles. The molecule has 0 heterocycles. The van der Waals surface area contributed by atoms with Crippen molar-refractivity contribution in [3.05, 3.63) is 34.4 Å². The van der Waals surface area contributed by atoms with Crippen LogP contribution >= 0.6 is 0 Å². The standard InChI is InChI=1S/C14H23N.CH4/c1-4-12-9-11(7-8-15)10-13(5-2)14(12)6-3;/h9-10H,4-8,15H2,1-3H3;1H4/i1D3,2D3,3D3;. The molecule has 0 radical (unpaired) electrons. The van der Waals surface area contributed by atoms with Crippen LogP contribution in [0.4, 0.5) is 0 Å². The zero-order valence-electron chi connectivity index (χ0n) is 17.8. The van der Waals surface area contributed by atoms with Crippen molar-refractivity contribution < 1.29 is 12.3 Å². The van der Waals surface area contributed by atoms with Gasteiger partial charge in [-0.15, -0.1) is 0 Å². The third-order valence-electron chi connectivity index (χ3n) is 2.49. The van der Waals surface area contributed by atoms with Crippen molar-refractivity contribution in [3.63, 3.8) is 0 Å². The summed E-state index contributed by atoms with van der Waals surface area (Å²) in [5.74, 6) is 0. The Hall–Kier alpha value is -0.820. The van der Waals surface area contributed by atoms with Crippen LogP contribution in [0.1, 0.15) is 62.6 Å². The van der Waals surface area contributed by atoms with E-state index in [9.17, 15) is 0 Å². The van der Waals surface area contributed by atoms with E-state index in [-0.39, 0.29) is 26.7 Å². The highest BCUT2D eigenvalue weighted by atomic mass is 14.5. The molecule has 0 aliphatic rings. The quantitative estimate of drug-likeness (QED) is 0.823. The third kappa shape index (κ3) is 3.34. The van der Waals surface area contributed by atoms with Gasteiger partial charge in [0.05, 0.1) is 0 Å². The van der Waals surface area contributed by atoms with Crippen molar-refractivity contribution in [1.82, 2.24) is 0 Å². The summed E-state index contributed by atoms with van der Waals surface area (Å²) < 4.78 is 67.3. The van der Waals surface area contributed by atoms with Crippen molar-refractivity contribution in [2.75, 3.05) is 6.54 Å². The van der Waals surface area contributed by atoms with E-state index in [4.69, 9.17) is 18.1 Å². The van der Waals surface area contributed by atoms with Gasteiger partial charge in [0.15, 0.2) is 0 Å². The first-order valence-electron chi connectivity index (χ1n) is 9.54. The highest BCUT2D eigenvalue weighted by Gasteiger charge is 2.06. The molecule has 1 nitrogen and oxygen atoms in total. The molecule has 0 unspecified atom stereocenters. The predicted molar refractivity (Wildman–Crippen MR) is 74.1 cm³/mol. The van der Waals surface area contributed by atoms with Gasteiger partial charge >= 0.3 is 0 Å². The molecule has 0 atom stereocenters. The minimum Gasteiger partial charge on any atom is -0.330 e. The Labute approximate surface area is 114 Å². The molecular weight excluding hydrogens is 194 g/mol. The Morgan fingerprint density at radius 1 is 1.06 bits per heavy atom. The van der Waals surface area contributed by atoms with Crippen LogP contribution in [0.25, 0.3) is 0 Å². The van der Waals surface area contributed by atoms with Crippen LogP contribution in [0.5, 0.6) is 0 Å². The fourth-order valence-electron chi connectivity index (χ4n) is 1.72. The molecule has 16 heavy (non-hydrogen) atoms. The lowest BCUT2D eigenvalue weighted by Gasteiger charge is -2.14. The molecule has 1 heteroatoms. The second-order valence-electron chi connectivity index (χ2n) is 3.46. The Balaban J connectivity index is 0.00000576. The lowest BCUT2D eigenvalue weighted by atomic mass is 9.92. The first-order chi connectivity index (χ1) is 10.7. The van der Waals surface area contributed by atoms with Crippen molar-refractivity contribution in [2.24, 2.45) is 5.73 Å². The van der Waals surface area contributed by atoms with Crippen molar-refractivity contribution in [3.8, 4) is 0 Å². The van der Waals surface area contributed by atoms with E-state index in [0.29, 0.717) is 29.7 Å². The molecule has 0 bridgehead atoms. The molecule has 1 rings (SSSR count). The highest BCUT2D eigenvalue weighted by Crippen LogP contribution is 2.20. The second-order valence-corrected chi connectivity index (χ2v) is 3.46. The number of hydrogen-bond acceptors (Lipinski definition) is 1. The van der Waals surface area contributed by atoms with Gasteiger partial charge in [-0.25, -0.2) is 0 Å². The fourth-order valence-corrected chi connectivity index (χ4v) is 1.72. The Morgan fingerprint density at radius 2 is 1.62 bits per heavy atom. The van der Waals surface area contributed by atoms with E-state index in [1.807, 2.05) is 0 Å². The first-order valence-corrected chi connectivity index (χ1v) is 5.04. The number of aryl methyl sites for hydroxylation is 2. The van der Waals surface area contributed by atoms with Gasteiger partial charge in [0, 0.05) is 12.3 Å². The van der Waals surface area contributed by atoms with Crippen molar-refractivity contribution >= 4 is 0 Å². The molecule has 0 spiro atoms. The van der Waals surface area contributed by atoms with Gasteiger partial charge in [-0.2, -0.15) is 0 Å². The zero-order valence-corrected chi connectivity index (χ0v) is 8.77. The molecule has 0 aliphatic heterocycles. The van der Waals surface area contributed by atoms with Crippen molar-refractivity contribution in [2.45, 2.75) is 53.7 Å². The topological polar surface area (TPSA) is 26.0 Å². The molecule has 2 N–H and O–H groups in total. The summed E-state index contributed by atoms with van der Waals surface area (Å²) in [4.78, 5) is 0. The van der Waals surface area contributed by atoms with Gasteiger partial charge in [0.1, 0.15) is 0 Å². The number of nitrogens with two attached hydrogens (primary N) is 1. The average molecular weight is 230 g/mol. The van der Waals surface area contributed by atoms with Crippen LogP contribution in [0, 0.1) is 0 Å². The smallest absolute Gasteiger partial charge is 0.0234 e. The number of benzene rings is 1. The maximum absolute atomic E-state index is 7.49. The minimum absolute atomic E-state index is 0. The molecule has 92 valence electrons. The highest BCUT2D eigenvalue weighted by molar-refractivity contribution is 5.39. The summed E-state index contributed by atoms with van der Waals surface area (Å²) in [6.45, 7) is -6.54. The van der Waals surface area contributed by atoms with E-state index < -0.39 is 20.6 Å². The summed E-state index contributed by atoms with van der Waals surface area (Å²) in [6.07, 6.45) is -0.488. The summed E-state index contributed by atoms with van der Waals surface area (Å²) in [7, 11) is 0. The maximum Gasteiger partial charge on any atom is 0.0234 e. The van der Waals surface area contributed by atoms with Crippen LogP contribution in [0.2, 0.25) is 0 Å². The Bertz CT molecular complexity index is 519. The lowest BCUT2D eigenvalue weighted by Crippen LogP contribution is -2.06. The number of hydrogen-bond donors (Lipinski definition) is 1. The predicted octanol–water partition coefficient (Wildman–Crippen LogP) is 3.51. The molecule has 0 aliphatic carbocycles. The van der Waals surface area contributed by atoms with Gasteiger partial charge in [0.2, 0.25) is 0 Å². The normalized spacial score (nSPS) is 20.7. The zero-order chi connectivity index (χ0) is 18.8. The van der Waals surface area contributed by atoms with E-state index in [1.54, 1.807) is 12.1 Å². The summed E-state index contributed by atoms with van der Waals surface area (Å²) in [5.41, 5.74) is 7.32. The fraction of sp³-hybridized carbons (Fsp3) is 0.600. The van der Waals surface area contributed by atoms with E-state index in [0.717, 1.165) is 5.56 Å². The van der Waals surface area contributed by atoms with Crippen LogP contribution in [0.3, 0.4) is 0 Å². The summed E-state index contributed by atoms with van der Waals surface area (Å²) in [6, 6.07) is 3.28. The van der Waals surface area contributed by atoms with Crippen LogP contribution in [0.15, 0.2) is 12.1 Å². The second kappa shape index (κ2) is 7.45. The first kappa shape index (κ1) is 5.68. The number of rotatable bonds is 5. The minimum atomic E-state index is -2.32. The maximum atomic E-state index is 7.49. The lowest BCUT2D eigenvalue weighted by molar-refractivity contribution is 0.928. The molecule has 0 saturated carbocycles.